The highest BCUT2D eigenvalue weighted by Gasteiger charge is 2.34. The van der Waals surface area contributed by atoms with Gasteiger partial charge in [0.1, 0.15) is 12.2 Å². The molecule has 0 aromatic carbocycles. The van der Waals surface area contributed by atoms with Crippen LogP contribution in [0.25, 0.3) is 0 Å². The molecule has 3 unspecified atom stereocenters. The monoisotopic (exact) mass is 206 g/mol. The minimum Gasteiger partial charge on any atom is -0.501 e. The van der Waals surface area contributed by atoms with E-state index in [0.717, 1.165) is 6.61 Å². The summed E-state index contributed by atoms with van der Waals surface area (Å²) in [5.41, 5.74) is 1.31. The van der Waals surface area contributed by atoms with Gasteiger partial charge in [-0.3, -0.25) is 0 Å². The first kappa shape index (κ1) is 9.19. The van der Waals surface area contributed by atoms with Gasteiger partial charge < -0.3 is 14.2 Å². The first-order valence-electron chi connectivity index (χ1n) is 5.33. The zero-order valence-corrected chi connectivity index (χ0v) is 8.46. The maximum Gasteiger partial charge on any atom is 0.109 e. The molecule has 80 valence electrons. The van der Waals surface area contributed by atoms with Crippen molar-refractivity contribution in [3.63, 3.8) is 0 Å². The minimum absolute atomic E-state index is 0.0834. The molecule has 3 atom stereocenters. The van der Waals surface area contributed by atoms with Gasteiger partial charge in [-0.1, -0.05) is 18.2 Å². The zero-order valence-electron chi connectivity index (χ0n) is 8.46. The van der Waals surface area contributed by atoms with Crippen molar-refractivity contribution in [2.45, 2.75) is 12.2 Å². The lowest BCUT2D eigenvalue weighted by molar-refractivity contribution is 0.000961. The highest BCUT2D eigenvalue weighted by molar-refractivity contribution is 5.26. The van der Waals surface area contributed by atoms with Crippen molar-refractivity contribution >= 4 is 0 Å². The molecule has 0 aromatic heterocycles. The molecular weight excluding hydrogens is 192 g/mol. The summed E-state index contributed by atoms with van der Waals surface area (Å²) in [4.78, 5) is 0. The van der Waals surface area contributed by atoms with E-state index in [0.29, 0.717) is 19.1 Å². The number of hydrogen-bond donors (Lipinski definition) is 0. The Kier molecular flexibility index (Phi) is 2.35. The largest absolute Gasteiger partial charge is 0.501 e. The van der Waals surface area contributed by atoms with Crippen LogP contribution in [-0.2, 0) is 14.2 Å². The summed E-state index contributed by atoms with van der Waals surface area (Å²) in [6.45, 7) is 2.13. The molecule has 0 aliphatic carbocycles. The van der Waals surface area contributed by atoms with Gasteiger partial charge in [-0.15, -0.1) is 0 Å². The van der Waals surface area contributed by atoms with Crippen LogP contribution >= 0.6 is 0 Å². The molecule has 0 aromatic rings. The highest BCUT2D eigenvalue weighted by Crippen LogP contribution is 2.31. The fourth-order valence-electron chi connectivity index (χ4n) is 2.28. The van der Waals surface area contributed by atoms with E-state index in [1.807, 2.05) is 6.08 Å². The lowest BCUT2D eigenvalue weighted by Crippen LogP contribution is -2.29. The van der Waals surface area contributed by atoms with Gasteiger partial charge in [0.15, 0.2) is 0 Å². The summed E-state index contributed by atoms with van der Waals surface area (Å²) in [5.74, 6) is 0.370. The molecule has 0 radical (unpaired) electrons. The number of rotatable bonds is 2. The second-order valence-corrected chi connectivity index (χ2v) is 3.95. The summed E-state index contributed by atoms with van der Waals surface area (Å²) in [6.07, 6.45) is 10.3. The van der Waals surface area contributed by atoms with Crippen molar-refractivity contribution < 1.29 is 14.2 Å². The Morgan fingerprint density at radius 2 is 2.13 bits per heavy atom. The van der Waals surface area contributed by atoms with E-state index in [1.54, 1.807) is 6.26 Å². The summed E-state index contributed by atoms with van der Waals surface area (Å²) in [6, 6.07) is 0. The van der Waals surface area contributed by atoms with Crippen molar-refractivity contribution in [2.24, 2.45) is 5.92 Å². The average Bonchev–Trinajstić information content (AvgIpc) is 3.01. The third-order valence-corrected chi connectivity index (χ3v) is 3.04. The maximum atomic E-state index is 5.70. The minimum atomic E-state index is 0.0834. The Bertz CT molecular complexity index is 330. The van der Waals surface area contributed by atoms with E-state index in [-0.39, 0.29) is 12.2 Å². The standard InChI is InChI=1S/C12H14O3/c1-2-11(14-5-1)12-10(4-7-15-12)9-3-6-13-8-9/h1-4,6,9,11-12H,5,7-8H2. The van der Waals surface area contributed by atoms with Gasteiger partial charge in [-0.05, 0) is 11.6 Å². The average molecular weight is 206 g/mol. The summed E-state index contributed by atoms with van der Waals surface area (Å²) < 4.78 is 16.5. The number of ether oxygens (including phenoxy) is 3. The van der Waals surface area contributed by atoms with E-state index in [1.165, 1.54) is 5.57 Å². The zero-order chi connectivity index (χ0) is 10.1. The Hall–Kier alpha value is -1.06. The Labute approximate surface area is 89.0 Å². The van der Waals surface area contributed by atoms with Gasteiger partial charge in [-0.2, -0.15) is 0 Å². The molecule has 0 N–H and O–H groups in total. The van der Waals surface area contributed by atoms with Gasteiger partial charge in [0.2, 0.25) is 0 Å². The molecule has 0 fully saturated rings. The van der Waals surface area contributed by atoms with Crippen LogP contribution in [0.3, 0.4) is 0 Å². The topological polar surface area (TPSA) is 27.7 Å². The van der Waals surface area contributed by atoms with E-state index in [9.17, 15) is 0 Å². The lowest BCUT2D eigenvalue weighted by Gasteiger charge is -2.22. The third kappa shape index (κ3) is 1.62. The molecule has 0 saturated carbocycles. The fourth-order valence-corrected chi connectivity index (χ4v) is 2.28. The van der Waals surface area contributed by atoms with Crippen LogP contribution in [0.2, 0.25) is 0 Å². The lowest BCUT2D eigenvalue weighted by atomic mass is 9.93. The van der Waals surface area contributed by atoms with E-state index >= 15 is 0 Å². The molecule has 0 bridgehead atoms. The normalized spacial score (nSPS) is 38.4. The molecule has 3 aliphatic rings. The Morgan fingerprint density at radius 1 is 1.13 bits per heavy atom. The summed E-state index contributed by atoms with van der Waals surface area (Å²) >= 11 is 0. The van der Waals surface area contributed by atoms with Crippen LogP contribution in [0.1, 0.15) is 0 Å². The second kappa shape index (κ2) is 3.83. The number of hydrogen-bond acceptors (Lipinski definition) is 3. The molecular formula is C12H14O3. The highest BCUT2D eigenvalue weighted by atomic mass is 16.5. The van der Waals surface area contributed by atoms with Crippen LogP contribution < -0.4 is 0 Å². The molecule has 3 heteroatoms. The van der Waals surface area contributed by atoms with Crippen molar-refractivity contribution in [1.82, 2.24) is 0 Å². The fraction of sp³-hybridized carbons (Fsp3) is 0.500. The Balaban J connectivity index is 1.75. The molecule has 15 heavy (non-hydrogen) atoms. The van der Waals surface area contributed by atoms with Gasteiger partial charge in [0, 0.05) is 5.92 Å². The van der Waals surface area contributed by atoms with Crippen LogP contribution in [0.15, 0.2) is 36.1 Å². The molecule has 0 spiro atoms. The molecule has 3 rings (SSSR count). The van der Waals surface area contributed by atoms with Crippen molar-refractivity contribution in [3.8, 4) is 0 Å². The molecule has 3 nitrogen and oxygen atoms in total. The quantitative estimate of drug-likeness (QED) is 0.640. The van der Waals surface area contributed by atoms with Crippen molar-refractivity contribution in [2.75, 3.05) is 19.8 Å². The van der Waals surface area contributed by atoms with Crippen molar-refractivity contribution in [1.29, 1.82) is 0 Å². The molecule has 0 amide bonds. The smallest absolute Gasteiger partial charge is 0.109 e. The second-order valence-electron chi connectivity index (χ2n) is 3.95. The van der Waals surface area contributed by atoms with Crippen LogP contribution in [-0.4, -0.2) is 32.0 Å². The van der Waals surface area contributed by atoms with Gasteiger partial charge >= 0.3 is 0 Å². The molecule has 0 saturated heterocycles. The predicted molar refractivity (Wildman–Crippen MR) is 55.3 cm³/mol. The Morgan fingerprint density at radius 3 is 2.87 bits per heavy atom. The van der Waals surface area contributed by atoms with E-state index < -0.39 is 0 Å². The van der Waals surface area contributed by atoms with E-state index in [4.69, 9.17) is 14.2 Å². The molecule has 3 heterocycles. The van der Waals surface area contributed by atoms with Gasteiger partial charge in [-0.25, -0.2) is 0 Å². The van der Waals surface area contributed by atoms with Gasteiger partial charge in [0.05, 0.1) is 26.1 Å². The molecule has 3 aliphatic heterocycles. The SMILES string of the molecule is C1=CC(C2OCC=C2C2C=COC2)OC1. The first-order valence-corrected chi connectivity index (χ1v) is 5.33. The van der Waals surface area contributed by atoms with Crippen molar-refractivity contribution in [3.05, 3.63) is 36.1 Å². The third-order valence-electron chi connectivity index (χ3n) is 3.04. The first-order chi connectivity index (χ1) is 7.45. The van der Waals surface area contributed by atoms with Crippen LogP contribution in [0.4, 0.5) is 0 Å². The van der Waals surface area contributed by atoms with Crippen LogP contribution in [0.5, 0.6) is 0 Å². The summed E-state index contributed by atoms with van der Waals surface area (Å²) in [7, 11) is 0. The van der Waals surface area contributed by atoms with E-state index in [2.05, 4.69) is 18.2 Å². The predicted octanol–water partition coefficient (Wildman–Crippen LogP) is 1.43. The maximum absolute atomic E-state index is 5.70. The summed E-state index contributed by atoms with van der Waals surface area (Å²) in [5, 5.41) is 0. The van der Waals surface area contributed by atoms with Gasteiger partial charge in [0.25, 0.3) is 0 Å². The van der Waals surface area contributed by atoms with Crippen LogP contribution in [0, 0.1) is 5.92 Å².